The summed E-state index contributed by atoms with van der Waals surface area (Å²) >= 11 is 1.91. The van der Waals surface area contributed by atoms with Gasteiger partial charge in [-0.25, -0.2) is 0 Å². The van der Waals surface area contributed by atoms with Crippen molar-refractivity contribution in [1.29, 1.82) is 0 Å². The summed E-state index contributed by atoms with van der Waals surface area (Å²) < 4.78 is 0. The van der Waals surface area contributed by atoms with Crippen molar-refractivity contribution in [3.8, 4) is 0 Å². The van der Waals surface area contributed by atoms with Crippen molar-refractivity contribution in [3.63, 3.8) is 0 Å². The fourth-order valence-corrected chi connectivity index (χ4v) is 3.83. The van der Waals surface area contributed by atoms with Gasteiger partial charge in [0.25, 0.3) is 0 Å². The summed E-state index contributed by atoms with van der Waals surface area (Å²) in [6.07, 6.45) is 0. The Bertz CT molecular complexity index is 495. The first kappa shape index (κ1) is 10.9. The van der Waals surface area contributed by atoms with Crippen LogP contribution in [0.2, 0.25) is 0 Å². The molecular weight excluding hydrogens is 224 g/mol. The Morgan fingerprint density at radius 1 is 0.706 bits per heavy atom. The SMILES string of the molecule is CC1c2ccccc2Sc2ccccc2C1C. The lowest BCUT2D eigenvalue weighted by atomic mass is 9.84. The molecule has 2 unspecified atom stereocenters. The molecule has 0 aromatic heterocycles. The zero-order valence-corrected chi connectivity index (χ0v) is 11.0. The van der Waals surface area contributed by atoms with Crippen LogP contribution in [-0.2, 0) is 0 Å². The van der Waals surface area contributed by atoms with Crippen molar-refractivity contribution in [1.82, 2.24) is 0 Å². The summed E-state index contributed by atoms with van der Waals surface area (Å²) in [6.45, 7) is 4.68. The average Bonchev–Trinajstić information content (AvgIpc) is 2.48. The minimum atomic E-state index is 0.586. The maximum absolute atomic E-state index is 2.34. The zero-order chi connectivity index (χ0) is 11.8. The van der Waals surface area contributed by atoms with Gasteiger partial charge in [0.05, 0.1) is 0 Å². The molecule has 0 N–H and O–H groups in total. The van der Waals surface area contributed by atoms with E-state index in [9.17, 15) is 0 Å². The van der Waals surface area contributed by atoms with Gasteiger partial charge in [0.1, 0.15) is 0 Å². The number of hydrogen-bond donors (Lipinski definition) is 0. The minimum absolute atomic E-state index is 0.586. The van der Waals surface area contributed by atoms with Crippen molar-refractivity contribution in [3.05, 3.63) is 59.7 Å². The molecule has 0 spiro atoms. The summed E-state index contributed by atoms with van der Waals surface area (Å²) in [5, 5.41) is 0. The molecule has 0 bridgehead atoms. The first-order chi connectivity index (χ1) is 8.27. The molecule has 0 aliphatic carbocycles. The third-order valence-electron chi connectivity index (χ3n) is 3.79. The number of fused-ring (bicyclic) bond motifs is 2. The lowest BCUT2D eigenvalue weighted by Crippen LogP contribution is -2.04. The van der Waals surface area contributed by atoms with E-state index in [1.165, 1.54) is 20.9 Å². The number of rotatable bonds is 0. The van der Waals surface area contributed by atoms with Gasteiger partial charge in [-0.3, -0.25) is 0 Å². The Kier molecular flexibility index (Phi) is 2.71. The normalized spacial score (nSPS) is 22.5. The first-order valence-electron chi connectivity index (χ1n) is 6.13. The first-order valence-corrected chi connectivity index (χ1v) is 6.94. The second kappa shape index (κ2) is 4.23. The van der Waals surface area contributed by atoms with E-state index >= 15 is 0 Å². The molecule has 1 aliphatic rings. The maximum Gasteiger partial charge on any atom is 0.0157 e. The largest absolute Gasteiger partial charge is 0.0895 e. The molecule has 3 rings (SSSR count). The van der Waals surface area contributed by atoms with Crippen LogP contribution in [0.15, 0.2) is 58.3 Å². The molecule has 0 radical (unpaired) electrons. The highest BCUT2D eigenvalue weighted by molar-refractivity contribution is 7.99. The van der Waals surface area contributed by atoms with E-state index in [0.29, 0.717) is 11.8 Å². The number of benzene rings is 2. The van der Waals surface area contributed by atoms with Crippen LogP contribution in [0.3, 0.4) is 0 Å². The minimum Gasteiger partial charge on any atom is -0.0895 e. The van der Waals surface area contributed by atoms with Crippen molar-refractivity contribution in [2.45, 2.75) is 35.5 Å². The van der Waals surface area contributed by atoms with E-state index in [-0.39, 0.29) is 0 Å². The monoisotopic (exact) mass is 240 g/mol. The molecule has 2 aromatic carbocycles. The highest BCUT2D eigenvalue weighted by atomic mass is 32.2. The quantitative estimate of drug-likeness (QED) is 0.620. The van der Waals surface area contributed by atoms with Gasteiger partial charge in [-0.1, -0.05) is 62.0 Å². The molecular formula is C16H16S. The molecule has 1 heterocycles. The summed E-state index contributed by atoms with van der Waals surface area (Å²) in [7, 11) is 0. The van der Waals surface area contributed by atoms with E-state index in [1.807, 2.05) is 11.8 Å². The van der Waals surface area contributed by atoms with Crippen LogP contribution in [0, 0.1) is 0 Å². The van der Waals surface area contributed by atoms with Crippen molar-refractivity contribution in [2.75, 3.05) is 0 Å². The molecule has 0 nitrogen and oxygen atoms in total. The van der Waals surface area contributed by atoms with E-state index < -0.39 is 0 Å². The van der Waals surface area contributed by atoms with E-state index in [4.69, 9.17) is 0 Å². The van der Waals surface area contributed by atoms with Gasteiger partial charge in [0.15, 0.2) is 0 Å². The molecule has 0 saturated carbocycles. The van der Waals surface area contributed by atoms with Crippen molar-refractivity contribution in [2.24, 2.45) is 0 Å². The molecule has 2 aromatic rings. The van der Waals surface area contributed by atoms with Gasteiger partial charge in [-0.05, 0) is 35.1 Å². The van der Waals surface area contributed by atoms with Crippen LogP contribution in [0.4, 0.5) is 0 Å². The van der Waals surface area contributed by atoms with Gasteiger partial charge in [-0.15, -0.1) is 0 Å². The van der Waals surface area contributed by atoms with Gasteiger partial charge < -0.3 is 0 Å². The predicted molar refractivity (Wildman–Crippen MR) is 73.8 cm³/mol. The Morgan fingerprint density at radius 3 is 1.59 bits per heavy atom. The summed E-state index contributed by atoms with van der Waals surface area (Å²) in [6, 6.07) is 17.6. The second-order valence-electron chi connectivity index (χ2n) is 4.76. The molecule has 0 fully saturated rings. The standard InChI is InChI=1S/C16H16S/c1-11-12(2)14-8-4-6-10-16(14)17-15-9-5-3-7-13(11)15/h3-12H,1-2H3. The maximum atomic E-state index is 2.34. The Balaban J connectivity index is 2.20. The van der Waals surface area contributed by atoms with Gasteiger partial charge in [0.2, 0.25) is 0 Å². The van der Waals surface area contributed by atoms with E-state index in [1.54, 1.807) is 0 Å². The molecule has 17 heavy (non-hydrogen) atoms. The highest BCUT2D eigenvalue weighted by Crippen LogP contribution is 2.46. The van der Waals surface area contributed by atoms with Crippen LogP contribution in [0.5, 0.6) is 0 Å². The van der Waals surface area contributed by atoms with Crippen LogP contribution < -0.4 is 0 Å². The average molecular weight is 240 g/mol. The smallest absolute Gasteiger partial charge is 0.0157 e. The summed E-state index contributed by atoms with van der Waals surface area (Å²) in [5.74, 6) is 1.17. The third kappa shape index (κ3) is 1.79. The zero-order valence-electron chi connectivity index (χ0n) is 10.2. The molecule has 1 aliphatic heterocycles. The number of hydrogen-bond acceptors (Lipinski definition) is 1. The summed E-state index contributed by atoms with van der Waals surface area (Å²) in [4.78, 5) is 2.83. The Hall–Kier alpha value is -1.21. The van der Waals surface area contributed by atoms with Crippen molar-refractivity contribution >= 4 is 11.8 Å². The van der Waals surface area contributed by atoms with Crippen molar-refractivity contribution < 1.29 is 0 Å². The molecule has 0 amide bonds. The lowest BCUT2D eigenvalue weighted by molar-refractivity contribution is 0.611. The van der Waals surface area contributed by atoms with Gasteiger partial charge >= 0.3 is 0 Å². The fourth-order valence-electron chi connectivity index (χ4n) is 2.56. The Morgan fingerprint density at radius 2 is 1.12 bits per heavy atom. The molecule has 0 saturated heterocycles. The topological polar surface area (TPSA) is 0 Å². The van der Waals surface area contributed by atoms with Gasteiger partial charge in [0, 0.05) is 9.79 Å². The lowest BCUT2D eigenvalue weighted by Gasteiger charge is -2.19. The molecule has 1 heteroatoms. The molecule has 86 valence electrons. The third-order valence-corrected chi connectivity index (χ3v) is 4.97. The van der Waals surface area contributed by atoms with Crippen LogP contribution in [0.25, 0.3) is 0 Å². The fraction of sp³-hybridized carbons (Fsp3) is 0.250. The van der Waals surface area contributed by atoms with Crippen LogP contribution in [-0.4, -0.2) is 0 Å². The van der Waals surface area contributed by atoms with E-state index in [0.717, 1.165) is 0 Å². The second-order valence-corrected chi connectivity index (χ2v) is 5.84. The van der Waals surface area contributed by atoms with Crippen LogP contribution >= 0.6 is 11.8 Å². The van der Waals surface area contributed by atoms with Gasteiger partial charge in [-0.2, -0.15) is 0 Å². The predicted octanol–water partition coefficient (Wildman–Crippen LogP) is 5.06. The Labute approximate surface area is 107 Å². The van der Waals surface area contributed by atoms with E-state index in [2.05, 4.69) is 62.4 Å². The molecule has 2 atom stereocenters. The van der Waals surface area contributed by atoms with Crippen LogP contribution in [0.1, 0.15) is 36.8 Å². The summed E-state index contributed by atoms with van der Waals surface area (Å²) in [5.41, 5.74) is 2.97. The highest BCUT2D eigenvalue weighted by Gasteiger charge is 2.24.